The van der Waals surface area contributed by atoms with E-state index in [-0.39, 0.29) is 12.4 Å². The smallest absolute Gasteiger partial charge is 0.141 e. The lowest BCUT2D eigenvalue weighted by molar-refractivity contribution is 0.278. The van der Waals surface area contributed by atoms with E-state index in [1.165, 1.54) is 5.56 Å². The van der Waals surface area contributed by atoms with E-state index in [9.17, 15) is 10.2 Å². The largest absolute Gasteiger partial charge is 0.506 e. The lowest BCUT2D eigenvalue weighted by Gasteiger charge is -2.10. The molecule has 0 radical (unpaired) electrons. The molecule has 1 heterocycles. The molecule has 5 heteroatoms. The maximum Gasteiger partial charge on any atom is 0.141 e. The Bertz CT molecular complexity index is 870. The van der Waals surface area contributed by atoms with Gasteiger partial charge in [0, 0.05) is 17.0 Å². The van der Waals surface area contributed by atoms with Crippen LogP contribution in [0.5, 0.6) is 5.75 Å². The fourth-order valence-electron chi connectivity index (χ4n) is 3.02. The predicted molar refractivity (Wildman–Crippen MR) is 104 cm³/mol. The van der Waals surface area contributed by atoms with Crippen LogP contribution < -0.4 is 0 Å². The first-order valence-electron chi connectivity index (χ1n) is 8.63. The van der Waals surface area contributed by atoms with E-state index in [1.807, 2.05) is 10.6 Å². The molecule has 3 rings (SSSR count). The number of imidazole rings is 1. The fourth-order valence-corrected chi connectivity index (χ4v) is 3.78. The summed E-state index contributed by atoms with van der Waals surface area (Å²) in [7, 11) is 0. The van der Waals surface area contributed by atoms with Gasteiger partial charge in [-0.05, 0) is 29.4 Å². The van der Waals surface area contributed by atoms with E-state index in [0.717, 1.165) is 27.6 Å². The highest BCUT2D eigenvalue weighted by molar-refractivity contribution is 7.99. The summed E-state index contributed by atoms with van der Waals surface area (Å²) in [6.07, 6.45) is 0. The molecule has 0 amide bonds. The van der Waals surface area contributed by atoms with Gasteiger partial charge in [-0.3, -0.25) is 0 Å². The third-order valence-electron chi connectivity index (χ3n) is 4.30. The number of aromatic nitrogens is 2. The molecule has 0 atom stereocenters. The highest BCUT2D eigenvalue weighted by Crippen LogP contribution is 2.36. The molecule has 0 saturated heterocycles. The van der Waals surface area contributed by atoms with Gasteiger partial charge in [0.25, 0.3) is 0 Å². The van der Waals surface area contributed by atoms with Gasteiger partial charge in [0.2, 0.25) is 0 Å². The molecule has 0 bridgehead atoms. The molecular weight excluding hydrogens is 332 g/mol. The third kappa shape index (κ3) is 3.39. The summed E-state index contributed by atoms with van der Waals surface area (Å²) in [5, 5.41) is 19.9. The van der Waals surface area contributed by atoms with Crippen LogP contribution in [0.3, 0.4) is 0 Å². The Morgan fingerprint density at radius 2 is 1.84 bits per heavy atom. The van der Waals surface area contributed by atoms with Crippen molar-refractivity contribution in [3.8, 4) is 17.1 Å². The molecule has 4 nitrogen and oxygen atoms in total. The number of aliphatic hydroxyl groups excluding tert-OH is 1. The lowest BCUT2D eigenvalue weighted by Crippen LogP contribution is -2.04. The standard InChI is InChI=1S/C20H24N2O2S/c1-4-25-17-10-9-16(24)19-18(17)21-20(22(19)11-12-23)15-7-5-14(6-8-15)13(2)3/h5-10,13,23-24H,4,11-12H2,1-3H3. The zero-order chi connectivity index (χ0) is 18.0. The van der Waals surface area contributed by atoms with Crippen LogP contribution in [0.2, 0.25) is 0 Å². The van der Waals surface area contributed by atoms with E-state index in [1.54, 1.807) is 17.8 Å². The maximum atomic E-state index is 10.4. The van der Waals surface area contributed by atoms with Crippen LogP contribution >= 0.6 is 11.8 Å². The lowest BCUT2D eigenvalue weighted by atomic mass is 10.0. The molecule has 2 N–H and O–H groups in total. The number of hydrogen-bond acceptors (Lipinski definition) is 4. The molecule has 0 spiro atoms. The average Bonchev–Trinajstić information content (AvgIpc) is 2.98. The molecule has 3 aromatic rings. The number of rotatable bonds is 6. The Hall–Kier alpha value is -1.98. The average molecular weight is 356 g/mol. The zero-order valence-corrected chi connectivity index (χ0v) is 15.7. The van der Waals surface area contributed by atoms with Crippen LogP contribution in [0.4, 0.5) is 0 Å². The first-order valence-corrected chi connectivity index (χ1v) is 9.61. The number of aliphatic hydroxyl groups is 1. The number of fused-ring (bicyclic) bond motifs is 1. The van der Waals surface area contributed by atoms with Gasteiger partial charge in [-0.2, -0.15) is 0 Å². The van der Waals surface area contributed by atoms with Crippen LogP contribution in [-0.4, -0.2) is 32.1 Å². The van der Waals surface area contributed by atoms with Crippen molar-refractivity contribution in [1.82, 2.24) is 9.55 Å². The Labute approximate surface area is 152 Å². The van der Waals surface area contributed by atoms with Crippen molar-refractivity contribution >= 4 is 22.8 Å². The van der Waals surface area contributed by atoms with E-state index in [2.05, 4.69) is 45.0 Å². The minimum atomic E-state index is -0.00682. The van der Waals surface area contributed by atoms with E-state index < -0.39 is 0 Å². The monoisotopic (exact) mass is 356 g/mol. The van der Waals surface area contributed by atoms with Crippen molar-refractivity contribution < 1.29 is 10.2 Å². The van der Waals surface area contributed by atoms with Crippen LogP contribution in [0, 0.1) is 0 Å². The summed E-state index contributed by atoms with van der Waals surface area (Å²) in [5.74, 6) is 2.38. The molecule has 0 aliphatic rings. The Balaban J connectivity index is 2.21. The number of phenolic OH excluding ortho intramolecular Hbond substituents is 1. The minimum absolute atomic E-state index is 0.00682. The second-order valence-corrected chi connectivity index (χ2v) is 7.61. The van der Waals surface area contributed by atoms with Gasteiger partial charge in [0.05, 0.1) is 6.61 Å². The van der Waals surface area contributed by atoms with Crippen molar-refractivity contribution in [2.75, 3.05) is 12.4 Å². The highest BCUT2D eigenvalue weighted by atomic mass is 32.2. The zero-order valence-electron chi connectivity index (χ0n) is 14.9. The molecule has 132 valence electrons. The van der Waals surface area contributed by atoms with Crippen molar-refractivity contribution in [2.24, 2.45) is 0 Å². The van der Waals surface area contributed by atoms with Gasteiger partial charge in [0.1, 0.15) is 22.6 Å². The summed E-state index contributed by atoms with van der Waals surface area (Å²) in [4.78, 5) is 5.87. The number of nitrogens with zero attached hydrogens (tertiary/aromatic N) is 2. The Kier molecular flexibility index (Phi) is 5.35. The normalized spacial score (nSPS) is 11.6. The molecule has 0 aliphatic heterocycles. The first kappa shape index (κ1) is 17.8. The fraction of sp³-hybridized carbons (Fsp3) is 0.350. The summed E-state index contributed by atoms with van der Waals surface area (Å²) in [5.41, 5.74) is 3.75. The van der Waals surface area contributed by atoms with Gasteiger partial charge >= 0.3 is 0 Å². The van der Waals surface area contributed by atoms with Gasteiger partial charge in [-0.25, -0.2) is 4.98 Å². The quantitative estimate of drug-likeness (QED) is 0.632. The summed E-state index contributed by atoms with van der Waals surface area (Å²) < 4.78 is 1.91. The number of hydrogen-bond donors (Lipinski definition) is 2. The molecule has 25 heavy (non-hydrogen) atoms. The van der Waals surface area contributed by atoms with Crippen LogP contribution in [-0.2, 0) is 6.54 Å². The SMILES string of the molecule is CCSc1ccc(O)c2c1nc(-c1ccc(C(C)C)cc1)n2CCO. The topological polar surface area (TPSA) is 58.3 Å². The number of aromatic hydroxyl groups is 1. The number of benzene rings is 2. The molecule has 0 saturated carbocycles. The molecular formula is C20H24N2O2S. The van der Waals surface area contributed by atoms with Crippen molar-refractivity contribution in [3.63, 3.8) is 0 Å². The number of thioether (sulfide) groups is 1. The summed E-state index contributed by atoms with van der Waals surface area (Å²) in [6.45, 7) is 6.82. The Morgan fingerprint density at radius 1 is 1.12 bits per heavy atom. The summed E-state index contributed by atoms with van der Waals surface area (Å²) in [6, 6.07) is 12.0. The van der Waals surface area contributed by atoms with E-state index in [4.69, 9.17) is 4.98 Å². The second-order valence-electron chi connectivity index (χ2n) is 6.30. The van der Waals surface area contributed by atoms with Crippen LogP contribution in [0.25, 0.3) is 22.4 Å². The van der Waals surface area contributed by atoms with Crippen molar-refractivity contribution in [2.45, 2.75) is 38.1 Å². The third-order valence-corrected chi connectivity index (χ3v) is 5.22. The molecule has 1 aromatic heterocycles. The first-order chi connectivity index (χ1) is 12.1. The molecule has 0 unspecified atom stereocenters. The Morgan fingerprint density at radius 3 is 2.44 bits per heavy atom. The maximum absolute atomic E-state index is 10.4. The van der Waals surface area contributed by atoms with Crippen LogP contribution in [0.1, 0.15) is 32.3 Å². The predicted octanol–water partition coefficient (Wildman–Crippen LogP) is 4.64. The minimum Gasteiger partial charge on any atom is -0.506 e. The van der Waals surface area contributed by atoms with Gasteiger partial charge in [-0.15, -0.1) is 11.8 Å². The van der Waals surface area contributed by atoms with Crippen molar-refractivity contribution in [1.29, 1.82) is 0 Å². The molecule has 0 fully saturated rings. The summed E-state index contributed by atoms with van der Waals surface area (Å²) >= 11 is 1.71. The van der Waals surface area contributed by atoms with E-state index >= 15 is 0 Å². The van der Waals surface area contributed by atoms with E-state index in [0.29, 0.717) is 18.0 Å². The molecule has 0 aliphatic carbocycles. The number of phenols is 1. The second kappa shape index (κ2) is 7.50. The van der Waals surface area contributed by atoms with Crippen LogP contribution in [0.15, 0.2) is 41.3 Å². The van der Waals surface area contributed by atoms with Gasteiger partial charge in [-0.1, -0.05) is 45.0 Å². The molecule has 2 aromatic carbocycles. The van der Waals surface area contributed by atoms with Gasteiger partial charge < -0.3 is 14.8 Å². The van der Waals surface area contributed by atoms with Crippen molar-refractivity contribution in [3.05, 3.63) is 42.0 Å². The van der Waals surface area contributed by atoms with Gasteiger partial charge in [0.15, 0.2) is 0 Å². The highest BCUT2D eigenvalue weighted by Gasteiger charge is 2.18.